The van der Waals surface area contributed by atoms with Gasteiger partial charge in [-0.3, -0.25) is 0 Å². The van der Waals surface area contributed by atoms with E-state index in [1.807, 2.05) is 0 Å². The van der Waals surface area contributed by atoms with Crippen molar-refractivity contribution in [3.8, 4) is 0 Å². The predicted octanol–water partition coefficient (Wildman–Crippen LogP) is 1.77. The van der Waals surface area contributed by atoms with Crippen molar-refractivity contribution in [2.75, 3.05) is 6.54 Å². The minimum atomic E-state index is 0.520. The van der Waals surface area contributed by atoms with Crippen LogP contribution >= 0.6 is 0 Å². The van der Waals surface area contributed by atoms with E-state index in [0.717, 1.165) is 18.4 Å². The van der Waals surface area contributed by atoms with Crippen molar-refractivity contribution in [1.82, 2.24) is 0 Å². The molecule has 0 heterocycles. The van der Waals surface area contributed by atoms with Crippen LogP contribution < -0.4 is 5.73 Å². The molecule has 1 unspecified atom stereocenters. The van der Waals surface area contributed by atoms with Gasteiger partial charge in [0.15, 0.2) is 0 Å². The van der Waals surface area contributed by atoms with E-state index in [2.05, 4.69) is 6.92 Å². The van der Waals surface area contributed by atoms with Gasteiger partial charge in [0.05, 0.1) is 0 Å². The van der Waals surface area contributed by atoms with Crippen LogP contribution in [-0.2, 0) is 0 Å². The van der Waals surface area contributed by atoms with Crippen LogP contribution in [0.15, 0.2) is 0 Å². The molecule has 1 nitrogen and oxygen atoms in total. The number of hydrogen-bond acceptors (Lipinski definition) is 1. The van der Waals surface area contributed by atoms with Crippen LogP contribution in [0.2, 0.25) is 0 Å². The Morgan fingerprint density at radius 1 is 1.30 bits per heavy atom. The summed E-state index contributed by atoms with van der Waals surface area (Å²) in [5.41, 5.74) is 6.24. The van der Waals surface area contributed by atoms with Crippen molar-refractivity contribution in [1.29, 1.82) is 0 Å². The fourth-order valence-corrected chi connectivity index (χ4v) is 2.69. The molecular formula is C9H17N. The third-order valence-electron chi connectivity index (χ3n) is 3.58. The van der Waals surface area contributed by atoms with Gasteiger partial charge in [-0.2, -0.15) is 0 Å². The van der Waals surface area contributed by atoms with Crippen molar-refractivity contribution in [2.24, 2.45) is 23.0 Å². The Bertz CT molecular complexity index is 130. The van der Waals surface area contributed by atoms with Crippen molar-refractivity contribution in [3.05, 3.63) is 0 Å². The maximum Gasteiger partial charge on any atom is -0.00230 e. The zero-order valence-corrected chi connectivity index (χ0v) is 6.77. The van der Waals surface area contributed by atoms with Gasteiger partial charge in [0.1, 0.15) is 0 Å². The molecule has 0 spiro atoms. The summed E-state index contributed by atoms with van der Waals surface area (Å²) in [4.78, 5) is 0. The van der Waals surface area contributed by atoms with E-state index in [0.29, 0.717) is 5.41 Å². The number of hydrogen-bond donors (Lipinski definition) is 1. The van der Waals surface area contributed by atoms with E-state index < -0.39 is 0 Å². The van der Waals surface area contributed by atoms with Gasteiger partial charge in [0.2, 0.25) is 0 Å². The second kappa shape index (κ2) is 1.97. The lowest BCUT2D eigenvalue weighted by Gasteiger charge is -2.29. The fourth-order valence-electron chi connectivity index (χ4n) is 2.69. The molecule has 2 saturated carbocycles. The summed E-state index contributed by atoms with van der Waals surface area (Å²) < 4.78 is 0. The molecule has 2 aliphatic rings. The quantitative estimate of drug-likeness (QED) is 0.588. The molecule has 1 heteroatoms. The largest absolute Gasteiger partial charge is 0.330 e. The van der Waals surface area contributed by atoms with Crippen LogP contribution in [0.3, 0.4) is 0 Å². The van der Waals surface area contributed by atoms with E-state index in [1.165, 1.54) is 25.7 Å². The summed E-state index contributed by atoms with van der Waals surface area (Å²) in [7, 11) is 0. The number of rotatable bonds is 1. The van der Waals surface area contributed by atoms with Crippen LogP contribution in [0, 0.1) is 17.3 Å². The molecule has 58 valence electrons. The van der Waals surface area contributed by atoms with Gasteiger partial charge in [-0.1, -0.05) is 6.92 Å². The molecule has 0 amide bonds. The molecule has 0 bridgehead atoms. The molecule has 0 aromatic heterocycles. The molecule has 2 fully saturated rings. The van der Waals surface area contributed by atoms with E-state index in [-0.39, 0.29) is 0 Å². The van der Waals surface area contributed by atoms with Crippen molar-refractivity contribution in [2.45, 2.75) is 32.6 Å². The van der Waals surface area contributed by atoms with Gasteiger partial charge in [0.25, 0.3) is 0 Å². The lowest BCUT2D eigenvalue weighted by Crippen LogP contribution is -2.23. The molecule has 2 rings (SSSR count). The summed E-state index contributed by atoms with van der Waals surface area (Å²) in [6.07, 6.45) is 5.79. The number of fused-ring (bicyclic) bond motifs is 1. The molecule has 0 aliphatic heterocycles. The van der Waals surface area contributed by atoms with Crippen molar-refractivity contribution >= 4 is 0 Å². The average Bonchev–Trinajstić information content (AvgIpc) is 2.13. The van der Waals surface area contributed by atoms with E-state index >= 15 is 0 Å². The minimum absolute atomic E-state index is 0.520. The SMILES string of the molecule is CC1(CN)C[C@H]2CC[C@H]2C1. The van der Waals surface area contributed by atoms with E-state index in [4.69, 9.17) is 5.73 Å². The van der Waals surface area contributed by atoms with Gasteiger partial charge in [-0.05, 0) is 49.5 Å². The molecule has 0 aromatic carbocycles. The molecule has 10 heavy (non-hydrogen) atoms. The molecule has 0 saturated heterocycles. The normalized spacial score (nSPS) is 52.2. The Balaban J connectivity index is 2.03. The Morgan fingerprint density at radius 2 is 1.80 bits per heavy atom. The van der Waals surface area contributed by atoms with Gasteiger partial charge in [-0.25, -0.2) is 0 Å². The highest BCUT2D eigenvalue weighted by Crippen LogP contribution is 2.54. The molecule has 2 N–H and O–H groups in total. The van der Waals surface area contributed by atoms with Gasteiger partial charge >= 0.3 is 0 Å². The molecule has 3 atom stereocenters. The Morgan fingerprint density at radius 3 is 2.10 bits per heavy atom. The lowest BCUT2D eigenvalue weighted by atomic mass is 9.77. The molecule has 0 aromatic rings. The summed E-state index contributed by atoms with van der Waals surface area (Å²) >= 11 is 0. The van der Waals surface area contributed by atoms with E-state index in [1.54, 1.807) is 0 Å². The van der Waals surface area contributed by atoms with Gasteiger partial charge in [-0.15, -0.1) is 0 Å². The predicted molar refractivity (Wildman–Crippen MR) is 42.6 cm³/mol. The number of nitrogens with two attached hydrogens (primary N) is 1. The first kappa shape index (κ1) is 6.66. The maximum absolute atomic E-state index is 5.72. The zero-order chi connectivity index (χ0) is 7.19. The first-order chi connectivity index (χ1) is 4.73. The third kappa shape index (κ3) is 0.800. The summed E-state index contributed by atoms with van der Waals surface area (Å²) in [6, 6.07) is 0. The van der Waals surface area contributed by atoms with Crippen LogP contribution in [0.5, 0.6) is 0 Å². The minimum Gasteiger partial charge on any atom is -0.330 e. The molecule has 2 aliphatic carbocycles. The van der Waals surface area contributed by atoms with Crippen LogP contribution in [0.4, 0.5) is 0 Å². The third-order valence-corrected chi connectivity index (χ3v) is 3.58. The standard InChI is InChI=1S/C9H17N/c1-9(6-10)4-7-2-3-8(7)5-9/h7-8H,2-6,10H2,1H3/t7-,8+,9?. The topological polar surface area (TPSA) is 26.0 Å². The fraction of sp³-hybridized carbons (Fsp3) is 1.00. The van der Waals surface area contributed by atoms with Crippen molar-refractivity contribution < 1.29 is 0 Å². The Labute approximate surface area is 63.0 Å². The van der Waals surface area contributed by atoms with Gasteiger partial charge < -0.3 is 5.73 Å². The Hall–Kier alpha value is -0.0400. The summed E-state index contributed by atoms with van der Waals surface area (Å²) in [6.45, 7) is 3.26. The van der Waals surface area contributed by atoms with E-state index in [9.17, 15) is 0 Å². The highest BCUT2D eigenvalue weighted by molar-refractivity contribution is 4.97. The Kier molecular flexibility index (Phi) is 1.31. The maximum atomic E-state index is 5.72. The first-order valence-corrected chi connectivity index (χ1v) is 4.44. The summed E-state index contributed by atoms with van der Waals surface area (Å²) in [5, 5.41) is 0. The van der Waals surface area contributed by atoms with Crippen LogP contribution in [0.1, 0.15) is 32.6 Å². The highest BCUT2D eigenvalue weighted by Gasteiger charge is 2.45. The van der Waals surface area contributed by atoms with Crippen LogP contribution in [0.25, 0.3) is 0 Å². The highest BCUT2D eigenvalue weighted by atomic mass is 14.6. The van der Waals surface area contributed by atoms with Gasteiger partial charge in [0, 0.05) is 0 Å². The molecule has 0 radical (unpaired) electrons. The van der Waals surface area contributed by atoms with Crippen LogP contribution in [-0.4, -0.2) is 6.54 Å². The second-order valence-corrected chi connectivity index (χ2v) is 4.52. The zero-order valence-electron chi connectivity index (χ0n) is 6.77. The van der Waals surface area contributed by atoms with Crippen molar-refractivity contribution in [3.63, 3.8) is 0 Å². The smallest absolute Gasteiger partial charge is 0.00230 e. The monoisotopic (exact) mass is 139 g/mol. The average molecular weight is 139 g/mol. The summed E-state index contributed by atoms with van der Waals surface area (Å²) in [5.74, 6) is 2.13. The second-order valence-electron chi connectivity index (χ2n) is 4.52. The lowest BCUT2D eigenvalue weighted by molar-refractivity contribution is 0.219. The first-order valence-electron chi connectivity index (χ1n) is 4.44. The molecular weight excluding hydrogens is 122 g/mol.